The quantitative estimate of drug-likeness (QED) is 0.813. The Balaban J connectivity index is 2.72. The lowest BCUT2D eigenvalue weighted by atomic mass is 10.1. The topological polar surface area (TPSA) is 37.3 Å². The molecule has 1 aromatic rings. The van der Waals surface area contributed by atoms with Gasteiger partial charge in [-0.3, -0.25) is 4.79 Å². The van der Waals surface area contributed by atoms with Gasteiger partial charge in [-0.1, -0.05) is 11.6 Å². The first-order valence-corrected chi connectivity index (χ1v) is 4.73. The number of carbonyl (C=O) groups is 1. The minimum absolute atomic E-state index is 0.0758. The number of halogens is 3. The van der Waals surface area contributed by atoms with Crippen LogP contribution in [0.4, 0.5) is 8.78 Å². The molecule has 15 heavy (non-hydrogen) atoms. The molecule has 5 heteroatoms. The molecule has 0 fully saturated rings. The Morgan fingerprint density at radius 1 is 1.40 bits per heavy atom. The second-order valence-electron chi connectivity index (χ2n) is 3.11. The van der Waals surface area contributed by atoms with E-state index in [9.17, 15) is 13.6 Å². The van der Waals surface area contributed by atoms with Gasteiger partial charge in [-0.05, 0) is 30.5 Å². The van der Waals surface area contributed by atoms with Gasteiger partial charge in [-0.25, -0.2) is 8.78 Å². The molecule has 0 saturated carbocycles. The molecule has 0 heterocycles. The first kappa shape index (κ1) is 11.9. The third-order valence-electron chi connectivity index (χ3n) is 1.91. The van der Waals surface area contributed by atoms with Crippen LogP contribution >= 0.6 is 11.6 Å². The lowest BCUT2D eigenvalue weighted by Crippen LogP contribution is -1.98. The van der Waals surface area contributed by atoms with Crippen molar-refractivity contribution in [1.29, 1.82) is 0 Å². The highest BCUT2D eigenvalue weighted by molar-refractivity contribution is 6.30. The molecule has 82 valence electrons. The van der Waals surface area contributed by atoms with Gasteiger partial charge in [0.25, 0.3) is 0 Å². The van der Waals surface area contributed by atoms with E-state index in [1.54, 1.807) is 0 Å². The molecule has 1 N–H and O–H groups in total. The van der Waals surface area contributed by atoms with Gasteiger partial charge in [-0.2, -0.15) is 0 Å². The average Bonchev–Trinajstić information content (AvgIpc) is 2.12. The fourth-order valence-electron chi connectivity index (χ4n) is 1.22. The van der Waals surface area contributed by atoms with Gasteiger partial charge in [0.15, 0.2) is 0 Å². The SMILES string of the molecule is O=C(O)CCCc1cc(F)cc(Cl)c1F. The fraction of sp³-hybridized carbons (Fsp3) is 0.300. The number of carboxylic acid groups (broad SMARTS) is 1. The monoisotopic (exact) mass is 234 g/mol. The number of hydrogen-bond acceptors (Lipinski definition) is 1. The Kier molecular flexibility index (Phi) is 4.03. The smallest absolute Gasteiger partial charge is 0.303 e. The minimum Gasteiger partial charge on any atom is -0.481 e. The van der Waals surface area contributed by atoms with Crippen LogP contribution in [0.2, 0.25) is 5.02 Å². The predicted octanol–water partition coefficient (Wildman–Crippen LogP) is 3.03. The summed E-state index contributed by atoms with van der Waals surface area (Å²) in [5.74, 6) is -2.26. The zero-order chi connectivity index (χ0) is 11.4. The first-order valence-electron chi connectivity index (χ1n) is 4.36. The largest absolute Gasteiger partial charge is 0.481 e. The summed E-state index contributed by atoms with van der Waals surface area (Å²) in [4.78, 5) is 10.2. The molecule has 0 saturated heterocycles. The number of aryl methyl sites for hydroxylation is 1. The van der Waals surface area contributed by atoms with Crippen molar-refractivity contribution in [3.8, 4) is 0 Å². The van der Waals surface area contributed by atoms with Crippen LogP contribution in [-0.2, 0) is 11.2 Å². The third kappa shape index (κ3) is 3.47. The second-order valence-corrected chi connectivity index (χ2v) is 3.52. The Labute approximate surface area is 90.5 Å². The van der Waals surface area contributed by atoms with E-state index in [0.717, 1.165) is 12.1 Å². The van der Waals surface area contributed by atoms with E-state index < -0.39 is 17.6 Å². The van der Waals surface area contributed by atoms with Crippen LogP contribution in [0.25, 0.3) is 0 Å². The summed E-state index contributed by atoms with van der Waals surface area (Å²) < 4.78 is 26.1. The van der Waals surface area contributed by atoms with Crippen molar-refractivity contribution in [2.24, 2.45) is 0 Å². The fourth-order valence-corrected chi connectivity index (χ4v) is 1.45. The summed E-state index contributed by atoms with van der Waals surface area (Å²) in [6.07, 6.45) is 0.342. The van der Waals surface area contributed by atoms with Crippen LogP contribution < -0.4 is 0 Å². The second kappa shape index (κ2) is 5.07. The van der Waals surface area contributed by atoms with E-state index >= 15 is 0 Å². The number of rotatable bonds is 4. The molecule has 0 radical (unpaired) electrons. The molecule has 1 aromatic carbocycles. The lowest BCUT2D eigenvalue weighted by Gasteiger charge is -2.03. The van der Waals surface area contributed by atoms with Crippen molar-refractivity contribution < 1.29 is 18.7 Å². The first-order chi connectivity index (χ1) is 7.00. The summed E-state index contributed by atoms with van der Waals surface area (Å²) in [6.45, 7) is 0. The highest BCUT2D eigenvalue weighted by atomic mass is 35.5. The van der Waals surface area contributed by atoms with E-state index in [-0.39, 0.29) is 29.8 Å². The Bertz CT molecular complexity index is 380. The Morgan fingerprint density at radius 3 is 2.67 bits per heavy atom. The average molecular weight is 235 g/mol. The van der Waals surface area contributed by atoms with Crippen LogP contribution in [0, 0.1) is 11.6 Å². The molecular formula is C10H9ClF2O2. The lowest BCUT2D eigenvalue weighted by molar-refractivity contribution is -0.137. The van der Waals surface area contributed by atoms with E-state index in [4.69, 9.17) is 16.7 Å². The molecule has 0 atom stereocenters. The summed E-state index contributed by atoms with van der Waals surface area (Å²) in [6, 6.07) is 1.92. The zero-order valence-corrected chi connectivity index (χ0v) is 8.52. The van der Waals surface area contributed by atoms with Crippen LogP contribution in [0.1, 0.15) is 18.4 Å². The van der Waals surface area contributed by atoms with Crippen molar-refractivity contribution in [2.45, 2.75) is 19.3 Å². The van der Waals surface area contributed by atoms with E-state index in [2.05, 4.69) is 0 Å². The van der Waals surface area contributed by atoms with E-state index in [1.807, 2.05) is 0 Å². The molecule has 0 aromatic heterocycles. The van der Waals surface area contributed by atoms with Crippen LogP contribution in [0.3, 0.4) is 0 Å². The summed E-state index contributed by atoms with van der Waals surface area (Å²) >= 11 is 5.43. The standard InChI is InChI=1S/C10H9ClF2O2/c11-8-5-7(12)4-6(10(8)13)2-1-3-9(14)15/h4-5H,1-3H2,(H,14,15). The molecule has 0 aliphatic heterocycles. The highest BCUT2D eigenvalue weighted by Crippen LogP contribution is 2.21. The number of aliphatic carboxylic acids is 1. The van der Waals surface area contributed by atoms with Crippen LogP contribution in [0.15, 0.2) is 12.1 Å². The van der Waals surface area contributed by atoms with Gasteiger partial charge < -0.3 is 5.11 Å². The van der Waals surface area contributed by atoms with E-state index in [1.165, 1.54) is 0 Å². The van der Waals surface area contributed by atoms with Crippen LogP contribution in [-0.4, -0.2) is 11.1 Å². The van der Waals surface area contributed by atoms with Crippen LogP contribution in [0.5, 0.6) is 0 Å². The van der Waals surface area contributed by atoms with Gasteiger partial charge in [0.05, 0.1) is 5.02 Å². The third-order valence-corrected chi connectivity index (χ3v) is 2.18. The Morgan fingerprint density at radius 2 is 2.07 bits per heavy atom. The molecule has 0 aliphatic rings. The van der Waals surface area contributed by atoms with Crippen molar-refractivity contribution >= 4 is 17.6 Å². The molecular weight excluding hydrogens is 226 g/mol. The molecule has 1 rings (SSSR count). The summed E-state index contributed by atoms with van der Waals surface area (Å²) in [7, 11) is 0. The molecule has 0 spiro atoms. The summed E-state index contributed by atoms with van der Waals surface area (Å²) in [5.41, 5.74) is 0.112. The van der Waals surface area contributed by atoms with Crippen molar-refractivity contribution in [2.75, 3.05) is 0 Å². The molecule has 0 unspecified atom stereocenters. The molecule has 0 amide bonds. The highest BCUT2D eigenvalue weighted by Gasteiger charge is 2.09. The maximum Gasteiger partial charge on any atom is 0.303 e. The molecule has 2 nitrogen and oxygen atoms in total. The Hall–Kier alpha value is -1.16. The van der Waals surface area contributed by atoms with Gasteiger partial charge >= 0.3 is 5.97 Å². The number of carboxylic acids is 1. The zero-order valence-electron chi connectivity index (χ0n) is 7.77. The minimum atomic E-state index is -0.960. The predicted molar refractivity (Wildman–Crippen MR) is 51.9 cm³/mol. The van der Waals surface area contributed by atoms with Crippen molar-refractivity contribution in [1.82, 2.24) is 0 Å². The van der Waals surface area contributed by atoms with Gasteiger partial charge in [0.2, 0.25) is 0 Å². The maximum absolute atomic E-state index is 13.3. The van der Waals surface area contributed by atoms with Gasteiger partial charge in [0.1, 0.15) is 11.6 Å². The normalized spacial score (nSPS) is 10.3. The summed E-state index contributed by atoms with van der Waals surface area (Å²) in [5, 5.41) is 8.10. The number of hydrogen-bond donors (Lipinski definition) is 1. The molecule has 0 bridgehead atoms. The number of benzene rings is 1. The van der Waals surface area contributed by atoms with Gasteiger partial charge in [0, 0.05) is 6.42 Å². The molecule has 0 aliphatic carbocycles. The maximum atomic E-state index is 13.3. The van der Waals surface area contributed by atoms with Gasteiger partial charge in [-0.15, -0.1) is 0 Å². The van der Waals surface area contributed by atoms with Crippen molar-refractivity contribution in [3.05, 3.63) is 34.4 Å². The van der Waals surface area contributed by atoms with Crippen molar-refractivity contribution in [3.63, 3.8) is 0 Å². The van der Waals surface area contributed by atoms with E-state index in [0.29, 0.717) is 0 Å².